The van der Waals surface area contributed by atoms with Crippen LogP contribution in [0.15, 0.2) is 194 Å². The summed E-state index contributed by atoms with van der Waals surface area (Å²) in [6.45, 7) is 4.90. The van der Waals surface area contributed by atoms with Gasteiger partial charge in [-0.15, -0.1) is 0 Å². The van der Waals surface area contributed by atoms with Crippen molar-refractivity contribution in [3.05, 3.63) is 261 Å². The Hall–Kier alpha value is -7.42. The molecule has 0 saturated heterocycles. The van der Waals surface area contributed by atoms with Gasteiger partial charge in [0.2, 0.25) is 0 Å². The van der Waals surface area contributed by atoms with E-state index >= 15 is 0 Å². The summed E-state index contributed by atoms with van der Waals surface area (Å²) in [4.78, 5) is 0. The first-order chi connectivity index (χ1) is 34.5. The third-order valence-electron chi connectivity index (χ3n) is 16.7. The standard InChI is InChI=1S/C68H60N2/c1-43(51-23-11-25-57-53-19-7-3-15-45(53)39-63(51)57)31-37-67(61-29-13-27-59-55-21-9-5-17-47(55)41-65(59)61)69-49-33-35-50(36-34-49)70-68(62-30-14-28-60-56-22-10-6-18-48(56)42-66(60)62)38-32-44(2)52-24-12-26-58-54-20-8-4-16-46(54)40-64(52)58/h3-30,33-36,43-44,67-70H,31-32,37-42H2,1-2H3. The van der Waals surface area contributed by atoms with Gasteiger partial charge in [-0.2, -0.15) is 0 Å². The molecule has 0 radical (unpaired) electrons. The maximum atomic E-state index is 4.14. The molecule has 342 valence electrons. The van der Waals surface area contributed by atoms with Gasteiger partial charge in [0.15, 0.2) is 0 Å². The summed E-state index contributed by atoms with van der Waals surface area (Å²) in [6, 6.07) is 73.5. The van der Waals surface area contributed by atoms with E-state index in [0.717, 1.165) is 62.7 Å². The van der Waals surface area contributed by atoms with Gasteiger partial charge >= 0.3 is 0 Å². The molecule has 0 bridgehead atoms. The molecule has 0 fully saturated rings. The molecule has 9 aromatic rings. The summed E-state index contributed by atoms with van der Waals surface area (Å²) in [7, 11) is 0. The van der Waals surface area contributed by atoms with Crippen LogP contribution in [0.2, 0.25) is 0 Å². The molecule has 2 heteroatoms. The molecule has 4 aliphatic rings. The first-order valence-corrected chi connectivity index (χ1v) is 26.0. The Bertz CT molecular complexity index is 3220. The van der Waals surface area contributed by atoms with E-state index < -0.39 is 0 Å². The van der Waals surface area contributed by atoms with Crippen molar-refractivity contribution >= 4 is 11.4 Å². The SMILES string of the molecule is CC(CCC(Nc1ccc(NC(CCC(C)c2cccc3c2Cc2ccccc2-3)c2cccc3c2Cc2ccccc2-3)cc1)c1cccc2c1Cc1ccccc1-2)c1cccc2c1Cc1ccccc1-2. The van der Waals surface area contributed by atoms with Gasteiger partial charge in [0.05, 0.1) is 12.1 Å². The Morgan fingerprint density at radius 1 is 0.286 bits per heavy atom. The zero-order valence-electron chi connectivity index (χ0n) is 40.4. The summed E-state index contributed by atoms with van der Waals surface area (Å²) in [6.07, 6.45) is 8.27. The molecule has 9 aromatic carbocycles. The second kappa shape index (κ2) is 17.8. The normalized spacial score (nSPS) is 14.8. The lowest BCUT2D eigenvalue weighted by molar-refractivity contribution is 0.576. The maximum absolute atomic E-state index is 4.14. The van der Waals surface area contributed by atoms with Gasteiger partial charge in [-0.3, -0.25) is 0 Å². The average Bonchev–Trinajstić information content (AvgIpc) is 4.19. The Kier molecular flexibility index (Phi) is 10.9. The molecule has 0 amide bonds. The highest BCUT2D eigenvalue weighted by molar-refractivity contribution is 5.81. The smallest absolute Gasteiger partial charge is 0.0517 e. The first-order valence-electron chi connectivity index (χ1n) is 26.0. The van der Waals surface area contributed by atoms with E-state index in [9.17, 15) is 0 Å². The fourth-order valence-corrected chi connectivity index (χ4v) is 13.1. The summed E-state index contributed by atoms with van der Waals surface area (Å²) < 4.78 is 0. The third-order valence-corrected chi connectivity index (χ3v) is 16.7. The Balaban J connectivity index is 0.784. The molecule has 13 rings (SSSR count). The monoisotopic (exact) mass is 904 g/mol. The molecule has 0 spiro atoms. The van der Waals surface area contributed by atoms with Crippen LogP contribution in [0.25, 0.3) is 44.5 Å². The van der Waals surface area contributed by atoms with Gasteiger partial charge < -0.3 is 10.6 Å². The van der Waals surface area contributed by atoms with Crippen molar-refractivity contribution in [1.29, 1.82) is 0 Å². The molecule has 2 nitrogen and oxygen atoms in total. The van der Waals surface area contributed by atoms with E-state index in [1.54, 1.807) is 0 Å². The minimum atomic E-state index is 0.162. The molecular formula is C68H60N2. The van der Waals surface area contributed by atoms with E-state index in [1.807, 2.05) is 0 Å². The van der Waals surface area contributed by atoms with Crippen LogP contribution in [-0.4, -0.2) is 0 Å². The van der Waals surface area contributed by atoms with Crippen molar-refractivity contribution < 1.29 is 0 Å². The lowest BCUT2D eigenvalue weighted by Gasteiger charge is -2.27. The summed E-state index contributed by atoms with van der Waals surface area (Å²) in [5.74, 6) is 0.861. The summed E-state index contributed by atoms with van der Waals surface area (Å²) in [5.41, 5.74) is 31.2. The molecular weight excluding hydrogens is 845 g/mol. The minimum Gasteiger partial charge on any atom is -0.378 e. The molecule has 0 aliphatic heterocycles. The minimum absolute atomic E-state index is 0.162. The summed E-state index contributed by atoms with van der Waals surface area (Å²) in [5, 5.41) is 8.28. The van der Waals surface area contributed by atoms with Gasteiger partial charge in [0, 0.05) is 11.4 Å². The fourth-order valence-electron chi connectivity index (χ4n) is 13.1. The van der Waals surface area contributed by atoms with Gasteiger partial charge in [-0.25, -0.2) is 0 Å². The van der Waals surface area contributed by atoms with Gasteiger partial charge in [-0.1, -0.05) is 184 Å². The van der Waals surface area contributed by atoms with Crippen LogP contribution in [0.4, 0.5) is 11.4 Å². The van der Waals surface area contributed by atoms with Gasteiger partial charge in [0.25, 0.3) is 0 Å². The van der Waals surface area contributed by atoms with Crippen molar-refractivity contribution in [2.45, 2.75) is 89.1 Å². The van der Waals surface area contributed by atoms with E-state index in [4.69, 9.17) is 0 Å². The largest absolute Gasteiger partial charge is 0.378 e. The number of nitrogens with one attached hydrogen (secondary N) is 2. The molecule has 0 saturated carbocycles. The number of rotatable bonds is 14. The molecule has 0 heterocycles. The van der Waals surface area contributed by atoms with Crippen LogP contribution in [0.5, 0.6) is 0 Å². The van der Waals surface area contributed by atoms with Crippen LogP contribution >= 0.6 is 0 Å². The molecule has 4 atom stereocenters. The molecule has 70 heavy (non-hydrogen) atoms. The number of fused-ring (bicyclic) bond motifs is 12. The van der Waals surface area contributed by atoms with E-state index in [0.29, 0.717) is 11.8 Å². The van der Waals surface area contributed by atoms with Gasteiger partial charge in [-0.05, 0) is 199 Å². The molecule has 4 unspecified atom stereocenters. The molecule has 0 aromatic heterocycles. The quantitative estimate of drug-likeness (QED) is 0.114. The fraction of sp³-hybridized carbons (Fsp3) is 0.206. The zero-order valence-corrected chi connectivity index (χ0v) is 40.4. The first kappa shape index (κ1) is 42.7. The van der Waals surface area contributed by atoms with Crippen LogP contribution in [0.1, 0.15) is 130 Å². The predicted molar refractivity (Wildman–Crippen MR) is 293 cm³/mol. The Morgan fingerprint density at radius 3 is 0.886 bits per heavy atom. The lowest BCUT2D eigenvalue weighted by atomic mass is 9.86. The maximum Gasteiger partial charge on any atom is 0.0517 e. The van der Waals surface area contributed by atoms with Crippen molar-refractivity contribution in [1.82, 2.24) is 0 Å². The van der Waals surface area contributed by atoms with Crippen LogP contribution < -0.4 is 10.6 Å². The average molecular weight is 905 g/mol. The highest BCUT2D eigenvalue weighted by Crippen LogP contribution is 2.47. The second-order valence-electron chi connectivity index (χ2n) is 20.8. The predicted octanol–water partition coefficient (Wildman–Crippen LogP) is 17.4. The molecule has 2 N–H and O–H groups in total. The van der Waals surface area contributed by atoms with Crippen molar-refractivity contribution in [2.24, 2.45) is 0 Å². The van der Waals surface area contributed by atoms with Gasteiger partial charge in [0.1, 0.15) is 0 Å². The van der Waals surface area contributed by atoms with E-state index in [2.05, 4.69) is 219 Å². The van der Waals surface area contributed by atoms with Crippen LogP contribution in [-0.2, 0) is 25.7 Å². The second-order valence-corrected chi connectivity index (χ2v) is 20.8. The number of hydrogen-bond donors (Lipinski definition) is 2. The Morgan fingerprint density at radius 2 is 0.557 bits per heavy atom. The zero-order chi connectivity index (χ0) is 46.7. The third kappa shape index (κ3) is 7.57. The molecule has 4 aliphatic carbocycles. The van der Waals surface area contributed by atoms with Crippen LogP contribution in [0, 0.1) is 0 Å². The highest BCUT2D eigenvalue weighted by atomic mass is 14.9. The van der Waals surface area contributed by atoms with E-state index in [-0.39, 0.29) is 12.1 Å². The van der Waals surface area contributed by atoms with Crippen LogP contribution in [0.3, 0.4) is 0 Å². The van der Waals surface area contributed by atoms with Crippen molar-refractivity contribution in [2.75, 3.05) is 10.6 Å². The highest BCUT2D eigenvalue weighted by Gasteiger charge is 2.29. The lowest BCUT2D eigenvalue weighted by Crippen LogP contribution is -2.15. The van der Waals surface area contributed by atoms with Crippen molar-refractivity contribution in [3.63, 3.8) is 0 Å². The van der Waals surface area contributed by atoms with E-state index in [1.165, 1.54) is 111 Å². The van der Waals surface area contributed by atoms with Crippen molar-refractivity contribution in [3.8, 4) is 44.5 Å². The number of anilines is 2. The number of benzene rings is 9. The Labute approximate surface area is 414 Å². The number of hydrogen-bond acceptors (Lipinski definition) is 2. The topological polar surface area (TPSA) is 24.1 Å². The summed E-state index contributed by atoms with van der Waals surface area (Å²) >= 11 is 0.